The van der Waals surface area contributed by atoms with Gasteiger partial charge in [0.05, 0.1) is 23.1 Å². The number of aromatic amines is 1. The zero-order valence-corrected chi connectivity index (χ0v) is 14.0. The Labute approximate surface area is 146 Å². The number of aromatic nitrogens is 2. The monoisotopic (exact) mass is 335 g/mol. The number of imidazole rings is 1. The molecular formula is C20H21N3O2. The summed E-state index contributed by atoms with van der Waals surface area (Å²) in [6, 6.07) is 15.4. The predicted molar refractivity (Wildman–Crippen MR) is 96.6 cm³/mol. The van der Waals surface area contributed by atoms with Gasteiger partial charge in [-0.25, -0.2) is 9.78 Å². The maximum absolute atomic E-state index is 11.4. The van der Waals surface area contributed by atoms with Gasteiger partial charge in [0.1, 0.15) is 5.82 Å². The number of nitrogens with one attached hydrogen (secondary N) is 1. The van der Waals surface area contributed by atoms with E-state index in [1.54, 1.807) is 12.1 Å². The van der Waals surface area contributed by atoms with Crippen LogP contribution in [0.2, 0.25) is 0 Å². The molecule has 0 bridgehead atoms. The van der Waals surface area contributed by atoms with Gasteiger partial charge in [0.15, 0.2) is 0 Å². The molecule has 0 spiro atoms. The predicted octanol–water partition coefficient (Wildman–Crippen LogP) is 3.33. The fourth-order valence-electron chi connectivity index (χ4n) is 3.73. The fourth-order valence-corrected chi connectivity index (χ4v) is 3.73. The summed E-state index contributed by atoms with van der Waals surface area (Å²) in [5.74, 6) is 0.644. The highest BCUT2D eigenvalue weighted by Crippen LogP contribution is 2.24. The third-order valence-corrected chi connectivity index (χ3v) is 4.94. The van der Waals surface area contributed by atoms with Crippen LogP contribution in [0.25, 0.3) is 11.0 Å². The number of likely N-dealkylation sites (tertiary alicyclic amines) is 1. The van der Waals surface area contributed by atoms with Crippen LogP contribution >= 0.6 is 0 Å². The van der Waals surface area contributed by atoms with Crippen molar-refractivity contribution >= 4 is 17.0 Å². The van der Waals surface area contributed by atoms with Crippen molar-refractivity contribution in [1.29, 1.82) is 0 Å². The third-order valence-electron chi connectivity index (χ3n) is 4.94. The minimum absolute atomic E-state index is 0.429. The fraction of sp³-hybridized carbons (Fsp3) is 0.300. The number of carboxylic acids is 1. The zero-order valence-electron chi connectivity index (χ0n) is 14.0. The number of hydrogen-bond donors (Lipinski definition) is 2. The Morgan fingerprint density at radius 2 is 2.00 bits per heavy atom. The third kappa shape index (κ3) is 3.42. The summed E-state index contributed by atoms with van der Waals surface area (Å²) in [7, 11) is 0. The molecule has 5 heteroatoms. The summed E-state index contributed by atoms with van der Waals surface area (Å²) in [5, 5.41) is 9.33. The Bertz CT molecular complexity index is 870. The number of hydrogen-bond acceptors (Lipinski definition) is 3. The lowest BCUT2D eigenvalue weighted by molar-refractivity contribution is 0.0695. The van der Waals surface area contributed by atoms with Crippen LogP contribution in [0.5, 0.6) is 0 Å². The number of benzene rings is 2. The second kappa shape index (κ2) is 6.69. The largest absolute Gasteiger partial charge is 0.478 e. The van der Waals surface area contributed by atoms with Crippen molar-refractivity contribution < 1.29 is 9.90 Å². The number of fused-ring (bicyclic) bond motifs is 1. The summed E-state index contributed by atoms with van der Waals surface area (Å²) in [6.07, 6.45) is 1.91. The second-order valence-electron chi connectivity index (χ2n) is 6.76. The van der Waals surface area contributed by atoms with Crippen LogP contribution in [0, 0.1) is 5.92 Å². The Hall–Kier alpha value is -2.66. The van der Waals surface area contributed by atoms with Gasteiger partial charge in [-0.15, -0.1) is 0 Å². The van der Waals surface area contributed by atoms with Crippen molar-refractivity contribution in [1.82, 2.24) is 14.9 Å². The highest BCUT2D eigenvalue weighted by atomic mass is 16.4. The molecule has 1 fully saturated rings. The molecule has 5 nitrogen and oxygen atoms in total. The smallest absolute Gasteiger partial charge is 0.335 e. The number of H-pyrrole nitrogens is 1. The van der Waals surface area contributed by atoms with Gasteiger partial charge in [0.2, 0.25) is 0 Å². The molecule has 1 unspecified atom stereocenters. The van der Waals surface area contributed by atoms with E-state index in [0.29, 0.717) is 11.5 Å². The lowest BCUT2D eigenvalue weighted by atomic mass is 9.95. The molecular weight excluding hydrogens is 314 g/mol. The molecule has 4 rings (SSSR count). The maximum atomic E-state index is 11.4. The Balaban J connectivity index is 1.41. The number of carboxylic acid groups (broad SMARTS) is 1. The molecule has 1 aliphatic heterocycles. The molecule has 1 saturated heterocycles. The van der Waals surface area contributed by atoms with E-state index >= 15 is 0 Å². The summed E-state index contributed by atoms with van der Waals surface area (Å²) < 4.78 is 0. The molecule has 2 aromatic carbocycles. The number of nitrogens with zero attached hydrogens (tertiary/aromatic N) is 2. The van der Waals surface area contributed by atoms with Crippen LogP contribution in [0.3, 0.4) is 0 Å². The van der Waals surface area contributed by atoms with Gasteiger partial charge in [-0.05, 0) is 49.1 Å². The average molecular weight is 335 g/mol. The molecule has 1 aliphatic rings. The van der Waals surface area contributed by atoms with Gasteiger partial charge < -0.3 is 10.1 Å². The van der Waals surface area contributed by atoms with Crippen LogP contribution in [-0.4, -0.2) is 39.0 Å². The summed E-state index contributed by atoms with van der Waals surface area (Å²) >= 11 is 0. The SMILES string of the molecule is O=C(O)c1ccccc1CC1CCN(Cc2nc3ccccc3[nH]2)C1. The molecule has 0 radical (unpaired) electrons. The van der Waals surface area contributed by atoms with Gasteiger partial charge in [-0.3, -0.25) is 4.90 Å². The molecule has 2 heterocycles. The van der Waals surface area contributed by atoms with Crippen molar-refractivity contribution in [3.63, 3.8) is 0 Å². The zero-order chi connectivity index (χ0) is 17.2. The van der Waals surface area contributed by atoms with Crippen LogP contribution in [-0.2, 0) is 13.0 Å². The van der Waals surface area contributed by atoms with E-state index in [2.05, 4.69) is 14.9 Å². The molecule has 1 aromatic heterocycles. The van der Waals surface area contributed by atoms with E-state index in [9.17, 15) is 9.90 Å². The first-order valence-electron chi connectivity index (χ1n) is 8.66. The molecule has 2 N–H and O–H groups in total. The first kappa shape index (κ1) is 15.8. The quantitative estimate of drug-likeness (QED) is 0.750. The first-order chi connectivity index (χ1) is 12.2. The van der Waals surface area contributed by atoms with E-state index in [1.807, 2.05) is 36.4 Å². The highest BCUT2D eigenvalue weighted by Gasteiger charge is 2.24. The van der Waals surface area contributed by atoms with Crippen LogP contribution in [0.4, 0.5) is 0 Å². The van der Waals surface area contributed by atoms with E-state index in [-0.39, 0.29) is 0 Å². The second-order valence-corrected chi connectivity index (χ2v) is 6.76. The van der Waals surface area contributed by atoms with E-state index in [0.717, 1.165) is 54.9 Å². The van der Waals surface area contributed by atoms with Crippen molar-refractivity contribution in [3.8, 4) is 0 Å². The maximum Gasteiger partial charge on any atom is 0.335 e. The molecule has 3 aromatic rings. The van der Waals surface area contributed by atoms with Crippen LogP contribution < -0.4 is 0 Å². The number of aromatic carboxylic acids is 1. The molecule has 0 aliphatic carbocycles. The summed E-state index contributed by atoms with van der Waals surface area (Å²) in [4.78, 5) is 21.8. The van der Waals surface area contributed by atoms with Crippen molar-refractivity contribution in [2.24, 2.45) is 5.92 Å². The first-order valence-corrected chi connectivity index (χ1v) is 8.66. The molecule has 25 heavy (non-hydrogen) atoms. The van der Waals surface area contributed by atoms with E-state index < -0.39 is 5.97 Å². The number of para-hydroxylation sites is 2. The minimum Gasteiger partial charge on any atom is -0.478 e. The van der Waals surface area contributed by atoms with Gasteiger partial charge in [0.25, 0.3) is 0 Å². The van der Waals surface area contributed by atoms with E-state index in [1.165, 1.54) is 0 Å². The van der Waals surface area contributed by atoms with Crippen LogP contribution in [0.1, 0.15) is 28.2 Å². The van der Waals surface area contributed by atoms with Gasteiger partial charge in [-0.1, -0.05) is 30.3 Å². The average Bonchev–Trinajstić information content (AvgIpc) is 3.21. The standard InChI is InChI=1S/C20H21N3O2/c24-20(25)16-6-2-1-5-15(16)11-14-9-10-23(12-14)13-19-21-17-7-3-4-8-18(17)22-19/h1-8,14H,9-13H2,(H,21,22)(H,24,25). The highest BCUT2D eigenvalue weighted by molar-refractivity contribution is 5.89. The Morgan fingerprint density at radius 1 is 1.20 bits per heavy atom. The molecule has 128 valence electrons. The summed E-state index contributed by atoms with van der Waals surface area (Å²) in [5.41, 5.74) is 3.44. The number of rotatable bonds is 5. The molecule has 0 saturated carbocycles. The van der Waals surface area contributed by atoms with E-state index in [4.69, 9.17) is 0 Å². The van der Waals surface area contributed by atoms with Crippen molar-refractivity contribution in [2.45, 2.75) is 19.4 Å². The van der Waals surface area contributed by atoms with Crippen LogP contribution in [0.15, 0.2) is 48.5 Å². The minimum atomic E-state index is -0.840. The lowest BCUT2D eigenvalue weighted by Crippen LogP contribution is -2.21. The molecule has 0 amide bonds. The topological polar surface area (TPSA) is 69.2 Å². The normalized spacial score (nSPS) is 18.0. The van der Waals surface area contributed by atoms with Crippen molar-refractivity contribution in [2.75, 3.05) is 13.1 Å². The summed E-state index contributed by atoms with van der Waals surface area (Å²) in [6.45, 7) is 2.81. The Kier molecular flexibility index (Phi) is 4.24. The van der Waals surface area contributed by atoms with Gasteiger partial charge in [-0.2, -0.15) is 0 Å². The molecule has 1 atom stereocenters. The Morgan fingerprint density at radius 3 is 2.84 bits per heavy atom. The van der Waals surface area contributed by atoms with Gasteiger partial charge in [0, 0.05) is 6.54 Å². The van der Waals surface area contributed by atoms with Crippen molar-refractivity contribution in [3.05, 3.63) is 65.5 Å². The lowest BCUT2D eigenvalue weighted by Gasteiger charge is -2.15. The van der Waals surface area contributed by atoms with Gasteiger partial charge >= 0.3 is 5.97 Å². The number of carbonyl (C=O) groups is 1.